The zero-order chi connectivity index (χ0) is 9.84. The van der Waals surface area contributed by atoms with Gasteiger partial charge in [-0.1, -0.05) is 5.16 Å². The molecule has 13 heavy (non-hydrogen) atoms. The highest BCUT2D eigenvalue weighted by Crippen LogP contribution is 1.94. The second kappa shape index (κ2) is 3.70. The summed E-state index contributed by atoms with van der Waals surface area (Å²) in [6.07, 6.45) is 1.27. The van der Waals surface area contributed by atoms with Crippen LogP contribution < -0.4 is 11.1 Å². The van der Waals surface area contributed by atoms with Crippen LogP contribution in [0.2, 0.25) is 0 Å². The maximum Gasteiger partial charge on any atom is 0.274 e. The normalized spacial score (nSPS) is 12.1. The van der Waals surface area contributed by atoms with Crippen molar-refractivity contribution < 1.29 is 14.1 Å². The van der Waals surface area contributed by atoms with E-state index in [2.05, 4.69) is 15.0 Å². The number of nitrogens with two attached hydrogens (primary N) is 1. The molecule has 0 aromatic carbocycles. The summed E-state index contributed by atoms with van der Waals surface area (Å²) in [5, 5.41) is 5.74. The van der Waals surface area contributed by atoms with E-state index >= 15 is 0 Å². The molecular formula is C7H9N3O3. The number of carbonyl (C=O) groups is 2. The van der Waals surface area contributed by atoms with Gasteiger partial charge in [0.1, 0.15) is 12.3 Å². The molecule has 6 heteroatoms. The van der Waals surface area contributed by atoms with Crippen molar-refractivity contribution in [1.29, 1.82) is 0 Å². The molecule has 0 spiro atoms. The Kier molecular flexibility index (Phi) is 2.63. The minimum absolute atomic E-state index is 0.119. The molecule has 0 aliphatic heterocycles. The third kappa shape index (κ3) is 2.29. The van der Waals surface area contributed by atoms with Gasteiger partial charge in [0.05, 0.1) is 0 Å². The molecule has 0 bridgehead atoms. The zero-order valence-electron chi connectivity index (χ0n) is 6.98. The Balaban J connectivity index is 2.56. The second-order valence-electron chi connectivity index (χ2n) is 2.48. The highest BCUT2D eigenvalue weighted by atomic mass is 16.5. The Bertz CT molecular complexity index is 307. The van der Waals surface area contributed by atoms with Crippen LogP contribution in [0.1, 0.15) is 17.4 Å². The van der Waals surface area contributed by atoms with Crippen molar-refractivity contribution in [3.05, 3.63) is 18.0 Å². The van der Waals surface area contributed by atoms with Crippen LogP contribution in [0.4, 0.5) is 0 Å². The fourth-order valence-corrected chi connectivity index (χ4v) is 0.671. The number of amides is 2. The zero-order valence-corrected chi connectivity index (χ0v) is 6.98. The van der Waals surface area contributed by atoms with Crippen LogP contribution in [0.3, 0.4) is 0 Å². The van der Waals surface area contributed by atoms with Gasteiger partial charge in [-0.3, -0.25) is 9.59 Å². The smallest absolute Gasteiger partial charge is 0.274 e. The van der Waals surface area contributed by atoms with Crippen molar-refractivity contribution >= 4 is 11.8 Å². The summed E-state index contributed by atoms with van der Waals surface area (Å²) in [6, 6.07) is 0.674. The van der Waals surface area contributed by atoms with Gasteiger partial charge in [0.15, 0.2) is 5.69 Å². The van der Waals surface area contributed by atoms with Gasteiger partial charge in [-0.25, -0.2) is 0 Å². The van der Waals surface area contributed by atoms with Crippen LogP contribution in [0.15, 0.2) is 16.9 Å². The van der Waals surface area contributed by atoms with Crippen LogP contribution in [-0.2, 0) is 4.79 Å². The lowest BCUT2D eigenvalue weighted by Gasteiger charge is -2.07. The van der Waals surface area contributed by atoms with Crippen LogP contribution in [0.25, 0.3) is 0 Å². The van der Waals surface area contributed by atoms with E-state index in [-0.39, 0.29) is 5.69 Å². The Labute approximate surface area is 74.1 Å². The van der Waals surface area contributed by atoms with E-state index in [1.54, 1.807) is 0 Å². The minimum Gasteiger partial charge on any atom is -0.368 e. The molecule has 1 heterocycles. The van der Waals surface area contributed by atoms with E-state index in [0.717, 1.165) is 0 Å². The first-order chi connectivity index (χ1) is 6.11. The van der Waals surface area contributed by atoms with Crippen LogP contribution >= 0.6 is 0 Å². The van der Waals surface area contributed by atoms with Crippen molar-refractivity contribution in [2.24, 2.45) is 5.73 Å². The molecule has 0 unspecified atom stereocenters. The summed E-state index contributed by atoms with van der Waals surface area (Å²) >= 11 is 0. The molecule has 1 aromatic heterocycles. The maximum atomic E-state index is 11.2. The number of rotatable bonds is 3. The molecule has 0 aliphatic rings. The minimum atomic E-state index is -0.718. The summed E-state index contributed by atoms with van der Waals surface area (Å²) in [5.41, 5.74) is 5.06. The van der Waals surface area contributed by atoms with E-state index in [0.29, 0.717) is 0 Å². The predicted octanol–water partition coefficient (Wildman–Crippen LogP) is -0.722. The van der Waals surface area contributed by atoms with Crippen LogP contribution in [-0.4, -0.2) is 23.0 Å². The van der Waals surface area contributed by atoms with Gasteiger partial charge in [0, 0.05) is 6.07 Å². The van der Waals surface area contributed by atoms with Gasteiger partial charge in [-0.15, -0.1) is 0 Å². The standard InChI is InChI=1S/C7H9N3O3/c1-4(6(8)11)9-7(12)5-2-3-13-10-5/h2-4H,1H3,(H2,8,11)(H,9,12)/t4-/m1/s1. The summed E-state index contributed by atoms with van der Waals surface area (Å²) in [5.74, 6) is -1.09. The molecule has 0 fully saturated rings. The first kappa shape index (κ1) is 9.24. The van der Waals surface area contributed by atoms with Crippen molar-refractivity contribution in [2.45, 2.75) is 13.0 Å². The van der Waals surface area contributed by atoms with Gasteiger partial charge < -0.3 is 15.6 Å². The fourth-order valence-electron chi connectivity index (χ4n) is 0.671. The Morgan fingerprint density at radius 2 is 2.38 bits per heavy atom. The monoisotopic (exact) mass is 183 g/mol. The van der Waals surface area contributed by atoms with Crippen molar-refractivity contribution in [2.75, 3.05) is 0 Å². The number of primary amides is 1. The van der Waals surface area contributed by atoms with E-state index < -0.39 is 17.9 Å². The molecule has 1 aromatic rings. The van der Waals surface area contributed by atoms with Gasteiger partial charge >= 0.3 is 0 Å². The van der Waals surface area contributed by atoms with Crippen LogP contribution in [0, 0.1) is 0 Å². The lowest BCUT2D eigenvalue weighted by atomic mass is 10.3. The van der Waals surface area contributed by atoms with Crippen LogP contribution in [0.5, 0.6) is 0 Å². The topological polar surface area (TPSA) is 98.2 Å². The molecule has 0 saturated heterocycles. The highest BCUT2D eigenvalue weighted by Gasteiger charge is 2.15. The number of nitrogens with zero attached hydrogens (tertiary/aromatic N) is 1. The molecule has 1 atom stereocenters. The third-order valence-electron chi connectivity index (χ3n) is 1.44. The summed E-state index contributed by atoms with van der Waals surface area (Å²) in [4.78, 5) is 21.7. The predicted molar refractivity (Wildman–Crippen MR) is 42.6 cm³/mol. The maximum absolute atomic E-state index is 11.2. The van der Waals surface area contributed by atoms with Crippen molar-refractivity contribution in [3.8, 4) is 0 Å². The van der Waals surface area contributed by atoms with Crippen molar-refractivity contribution in [3.63, 3.8) is 0 Å². The average Bonchev–Trinajstić information content (AvgIpc) is 2.55. The quantitative estimate of drug-likeness (QED) is 0.645. The Morgan fingerprint density at radius 1 is 1.69 bits per heavy atom. The number of hydrogen-bond acceptors (Lipinski definition) is 4. The molecule has 0 saturated carbocycles. The molecule has 1 rings (SSSR count). The molecule has 2 amide bonds. The molecule has 70 valence electrons. The van der Waals surface area contributed by atoms with Crippen molar-refractivity contribution in [1.82, 2.24) is 10.5 Å². The molecule has 0 radical (unpaired) electrons. The first-order valence-electron chi connectivity index (χ1n) is 3.62. The summed E-state index contributed by atoms with van der Waals surface area (Å²) < 4.78 is 4.45. The Morgan fingerprint density at radius 3 is 2.85 bits per heavy atom. The molecule has 3 N–H and O–H groups in total. The van der Waals surface area contributed by atoms with E-state index in [4.69, 9.17) is 5.73 Å². The van der Waals surface area contributed by atoms with E-state index in [1.807, 2.05) is 0 Å². The SMILES string of the molecule is C[C@@H](NC(=O)c1ccon1)C(N)=O. The number of aromatic nitrogens is 1. The second-order valence-corrected chi connectivity index (χ2v) is 2.48. The molecule has 6 nitrogen and oxygen atoms in total. The van der Waals surface area contributed by atoms with Gasteiger partial charge in [-0.2, -0.15) is 0 Å². The van der Waals surface area contributed by atoms with Gasteiger partial charge in [0.2, 0.25) is 5.91 Å². The third-order valence-corrected chi connectivity index (χ3v) is 1.44. The first-order valence-corrected chi connectivity index (χ1v) is 3.62. The van der Waals surface area contributed by atoms with Gasteiger partial charge in [-0.05, 0) is 6.92 Å². The van der Waals surface area contributed by atoms with E-state index in [9.17, 15) is 9.59 Å². The highest BCUT2D eigenvalue weighted by molar-refractivity contribution is 5.95. The summed E-state index contributed by atoms with van der Waals surface area (Å²) in [6.45, 7) is 1.49. The molecule has 0 aliphatic carbocycles. The average molecular weight is 183 g/mol. The van der Waals surface area contributed by atoms with Gasteiger partial charge in [0.25, 0.3) is 5.91 Å². The summed E-state index contributed by atoms with van der Waals surface area (Å²) in [7, 11) is 0. The lowest BCUT2D eigenvalue weighted by Crippen LogP contribution is -2.42. The number of nitrogens with one attached hydrogen (secondary N) is 1. The van der Waals surface area contributed by atoms with E-state index in [1.165, 1.54) is 19.3 Å². The molecular weight excluding hydrogens is 174 g/mol. The lowest BCUT2D eigenvalue weighted by molar-refractivity contribution is -0.119. The number of hydrogen-bond donors (Lipinski definition) is 2. The largest absolute Gasteiger partial charge is 0.368 e. The Hall–Kier alpha value is -1.85. The fraction of sp³-hybridized carbons (Fsp3) is 0.286. The number of carbonyl (C=O) groups excluding carboxylic acids is 2.